The molecule has 0 aliphatic rings. The second-order valence-corrected chi connectivity index (χ2v) is 5.45. The van der Waals surface area contributed by atoms with Gasteiger partial charge in [0.15, 0.2) is 5.65 Å². The molecule has 0 unspecified atom stereocenters. The minimum absolute atomic E-state index is 0.348. The number of benzene rings is 2. The Hall–Kier alpha value is -3.54. The van der Waals surface area contributed by atoms with Crippen LogP contribution in [-0.4, -0.2) is 20.5 Å². The number of fused-ring (bicyclic) bond motifs is 1. The molecule has 0 aliphatic carbocycles. The lowest BCUT2D eigenvalue weighted by Gasteiger charge is -2.06. The summed E-state index contributed by atoms with van der Waals surface area (Å²) in [6.07, 6.45) is 3.13. The van der Waals surface area contributed by atoms with Gasteiger partial charge in [0.1, 0.15) is 11.4 Å². The van der Waals surface area contributed by atoms with E-state index in [1.54, 1.807) is 10.7 Å². The zero-order valence-electron chi connectivity index (χ0n) is 13.1. The standard InChI is InChI=1S/C19H13FN4O/c20-14-6-8-15(9-7-14)23-19(25)16-12-22-24-17(10-11-21-18(16)24)13-4-2-1-3-5-13/h1-12H,(H,23,25). The Morgan fingerprint density at radius 1 is 1.00 bits per heavy atom. The summed E-state index contributed by atoms with van der Waals surface area (Å²) < 4.78 is 14.6. The molecule has 0 aliphatic heterocycles. The maximum absolute atomic E-state index is 13.0. The molecule has 0 saturated carbocycles. The number of amides is 1. The predicted molar refractivity (Wildman–Crippen MR) is 92.8 cm³/mol. The SMILES string of the molecule is O=C(Nc1ccc(F)cc1)c1cnn2c(-c3ccccc3)ccnc12. The summed E-state index contributed by atoms with van der Waals surface area (Å²) in [7, 11) is 0. The number of hydrogen-bond donors (Lipinski definition) is 1. The molecular weight excluding hydrogens is 319 g/mol. The third kappa shape index (κ3) is 2.85. The molecule has 4 aromatic rings. The first-order chi connectivity index (χ1) is 12.2. The number of nitrogens with zero attached hydrogens (tertiary/aromatic N) is 3. The van der Waals surface area contributed by atoms with Crippen molar-refractivity contribution in [3.63, 3.8) is 0 Å². The average molecular weight is 332 g/mol. The van der Waals surface area contributed by atoms with E-state index in [0.717, 1.165) is 11.3 Å². The van der Waals surface area contributed by atoms with E-state index in [-0.39, 0.29) is 11.7 Å². The van der Waals surface area contributed by atoms with E-state index in [1.165, 1.54) is 30.5 Å². The number of aromatic nitrogens is 3. The Balaban J connectivity index is 1.71. The topological polar surface area (TPSA) is 59.3 Å². The highest BCUT2D eigenvalue weighted by molar-refractivity contribution is 6.08. The fourth-order valence-corrected chi connectivity index (χ4v) is 2.61. The molecule has 0 bridgehead atoms. The van der Waals surface area contributed by atoms with Crippen LogP contribution in [0.4, 0.5) is 10.1 Å². The number of carbonyl (C=O) groups is 1. The van der Waals surface area contributed by atoms with Crippen molar-refractivity contribution in [2.24, 2.45) is 0 Å². The number of carbonyl (C=O) groups excluding carboxylic acids is 1. The van der Waals surface area contributed by atoms with Crippen LogP contribution in [-0.2, 0) is 0 Å². The van der Waals surface area contributed by atoms with Gasteiger partial charge in [-0.05, 0) is 30.3 Å². The Bertz CT molecular complexity index is 1040. The Morgan fingerprint density at radius 2 is 1.76 bits per heavy atom. The largest absolute Gasteiger partial charge is 0.322 e. The quantitative estimate of drug-likeness (QED) is 0.621. The van der Waals surface area contributed by atoms with Crippen LogP contribution in [0.1, 0.15) is 10.4 Å². The summed E-state index contributed by atoms with van der Waals surface area (Å²) >= 11 is 0. The van der Waals surface area contributed by atoms with E-state index >= 15 is 0 Å². The van der Waals surface area contributed by atoms with E-state index in [2.05, 4.69) is 15.4 Å². The molecule has 1 N–H and O–H groups in total. The summed E-state index contributed by atoms with van der Waals surface area (Å²) in [5, 5.41) is 7.03. The molecule has 0 atom stereocenters. The molecule has 4 rings (SSSR count). The van der Waals surface area contributed by atoms with Gasteiger partial charge in [0.2, 0.25) is 0 Å². The van der Waals surface area contributed by atoms with Crippen molar-refractivity contribution in [3.8, 4) is 11.3 Å². The van der Waals surface area contributed by atoms with Crippen LogP contribution in [0.15, 0.2) is 73.1 Å². The van der Waals surface area contributed by atoms with Crippen molar-refractivity contribution < 1.29 is 9.18 Å². The third-order valence-electron chi connectivity index (χ3n) is 3.82. The van der Waals surface area contributed by atoms with Crippen LogP contribution in [0.25, 0.3) is 16.9 Å². The van der Waals surface area contributed by atoms with Crippen molar-refractivity contribution in [2.75, 3.05) is 5.32 Å². The fraction of sp³-hybridized carbons (Fsp3) is 0. The number of nitrogens with one attached hydrogen (secondary N) is 1. The zero-order valence-corrected chi connectivity index (χ0v) is 13.1. The van der Waals surface area contributed by atoms with Gasteiger partial charge in [0, 0.05) is 17.4 Å². The number of rotatable bonds is 3. The van der Waals surface area contributed by atoms with Gasteiger partial charge in [0.25, 0.3) is 5.91 Å². The van der Waals surface area contributed by atoms with E-state index in [9.17, 15) is 9.18 Å². The van der Waals surface area contributed by atoms with Crippen molar-refractivity contribution >= 4 is 17.2 Å². The maximum Gasteiger partial charge on any atom is 0.261 e. The van der Waals surface area contributed by atoms with Crippen LogP contribution >= 0.6 is 0 Å². The van der Waals surface area contributed by atoms with Crippen molar-refractivity contribution in [3.05, 3.63) is 84.4 Å². The molecule has 2 aromatic carbocycles. The van der Waals surface area contributed by atoms with Crippen molar-refractivity contribution in [1.82, 2.24) is 14.6 Å². The number of halogens is 1. The summed E-state index contributed by atoms with van der Waals surface area (Å²) in [5.74, 6) is -0.706. The first-order valence-electron chi connectivity index (χ1n) is 7.67. The van der Waals surface area contributed by atoms with E-state index in [4.69, 9.17) is 0 Å². The summed E-state index contributed by atoms with van der Waals surface area (Å²) in [6.45, 7) is 0. The summed E-state index contributed by atoms with van der Waals surface area (Å²) in [4.78, 5) is 16.8. The van der Waals surface area contributed by atoms with E-state index in [1.807, 2.05) is 36.4 Å². The minimum atomic E-state index is -0.358. The Kier molecular flexibility index (Phi) is 3.70. The first-order valence-corrected chi connectivity index (χ1v) is 7.67. The second kappa shape index (κ2) is 6.16. The van der Waals surface area contributed by atoms with Gasteiger partial charge in [-0.3, -0.25) is 4.79 Å². The molecule has 25 heavy (non-hydrogen) atoms. The van der Waals surface area contributed by atoms with Gasteiger partial charge in [-0.1, -0.05) is 30.3 Å². The monoisotopic (exact) mass is 332 g/mol. The van der Waals surface area contributed by atoms with Crippen LogP contribution in [0, 0.1) is 5.82 Å². The lowest BCUT2D eigenvalue weighted by atomic mass is 10.1. The van der Waals surface area contributed by atoms with E-state index in [0.29, 0.717) is 16.9 Å². The van der Waals surface area contributed by atoms with Crippen LogP contribution in [0.3, 0.4) is 0 Å². The zero-order chi connectivity index (χ0) is 17.2. The van der Waals surface area contributed by atoms with Crippen LogP contribution in [0.5, 0.6) is 0 Å². The number of hydrogen-bond acceptors (Lipinski definition) is 3. The molecule has 0 radical (unpaired) electrons. The molecule has 5 nitrogen and oxygen atoms in total. The smallest absolute Gasteiger partial charge is 0.261 e. The fourth-order valence-electron chi connectivity index (χ4n) is 2.61. The molecule has 2 aromatic heterocycles. The Labute approximate surface area is 142 Å². The van der Waals surface area contributed by atoms with Crippen LogP contribution < -0.4 is 5.32 Å². The molecular formula is C19H13FN4O. The average Bonchev–Trinajstić information content (AvgIpc) is 3.08. The van der Waals surface area contributed by atoms with Gasteiger partial charge in [-0.15, -0.1) is 0 Å². The maximum atomic E-state index is 13.0. The molecule has 6 heteroatoms. The highest BCUT2D eigenvalue weighted by Gasteiger charge is 2.16. The van der Waals surface area contributed by atoms with Gasteiger partial charge in [-0.2, -0.15) is 5.10 Å². The molecule has 0 saturated heterocycles. The first kappa shape index (κ1) is 15.0. The van der Waals surface area contributed by atoms with Gasteiger partial charge in [0.05, 0.1) is 11.9 Å². The van der Waals surface area contributed by atoms with Gasteiger partial charge in [-0.25, -0.2) is 13.9 Å². The molecule has 122 valence electrons. The minimum Gasteiger partial charge on any atom is -0.322 e. The van der Waals surface area contributed by atoms with Gasteiger partial charge >= 0.3 is 0 Å². The second-order valence-electron chi connectivity index (χ2n) is 5.45. The molecule has 0 spiro atoms. The molecule has 0 fully saturated rings. The highest BCUT2D eigenvalue weighted by Crippen LogP contribution is 2.21. The molecule has 2 heterocycles. The third-order valence-corrected chi connectivity index (χ3v) is 3.82. The van der Waals surface area contributed by atoms with Crippen molar-refractivity contribution in [2.45, 2.75) is 0 Å². The van der Waals surface area contributed by atoms with Crippen molar-refractivity contribution in [1.29, 1.82) is 0 Å². The molecule has 1 amide bonds. The number of anilines is 1. The summed E-state index contributed by atoms with van der Waals surface area (Å²) in [6, 6.07) is 17.2. The van der Waals surface area contributed by atoms with E-state index < -0.39 is 0 Å². The lowest BCUT2D eigenvalue weighted by Crippen LogP contribution is -2.12. The van der Waals surface area contributed by atoms with Gasteiger partial charge < -0.3 is 5.32 Å². The normalized spacial score (nSPS) is 10.8. The predicted octanol–water partition coefficient (Wildman–Crippen LogP) is 3.79. The highest BCUT2D eigenvalue weighted by atomic mass is 19.1. The summed E-state index contributed by atoms with van der Waals surface area (Å²) in [5.41, 5.74) is 3.13. The van der Waals surface area contributed by atoms with Crippen LogP contribution in [0.2, 0.25) is 0 Å². The Morgan fingerprint density at radius 3 is 2.52 bits per heavy atom. The lowest BCUT2D eigenvalue weighted by molar-refractivity contribution is 0.102.